The fraction of sp³-hybridized carbons (Fsp3) is 0.364. The Morgan fingerprint density at radius 1 is 1.33 bits per heavy atom. The highest BCUT2D eigenvalue weighted by atomic mass is 127. The molecule has 33 heavy (non-hydrogen) atoms. The van der Waals surface area contributed by atoms with E-state index in [1.54, 1.807) is 38.6 Å². The van der Waals surface area contributed by atoms with Gasteiger partial charge >= 0.3 is 0 Å². The second-order valence-electron chi connectivity index (χ2n) is 7.42. The van der Waals surface area contributed by atoms with Crippen LogP contribution < -0.4 is 15.4 Å². The van der Waals surface area contributed by atoms with Gasteiger partial charge in [-0.25, -0.2) is 14.1 Å². The van der Waals surface area contributed by atoms with E-state index in [0.717, 1.165) is 24.2 Å². The summed E-state index contributed by atoms with van der Waals surface area (Å²) in [7, 11) is 3.34. The molecule has 0 saturated heterocycles. The van der Waals surface area contributed by atoms with Crippen LogP contribution in [0.5, 0.6) is 11.5 Å². The minimum Gasteiger partial charge on any atom is -0.453 e. The largest absolute Gasteiger partial charge is 0.453 e. The van der Waals surface area contributed by atoms with E-state index >= 15 is 0 Å². The number of nitrogens with one attached hydrogen (secondary N) is 2. The molecular weight excluding hydrogens is 540 g/mol. The number of benzene rings is 1. The molecule has 9 nitrogen and oxygen atoms in total. The molecular formula is C22H27FIN7O2. The van der Waals surface area contributed by atoms with Crippen LogP contribution in [-0.2, 0) is 30.9 Å². The van der Waals surface area contributed by atoms with E-state index in [1.807, 2.05) is 10.7 Å². The molecule has 1 atom stereocenters. The number of hydrogen-bond acceptors (Lipinski definition) is 6. The molecule has 3 aromatic rings. The molecule has 2 aromatic heterocycles. The predicted octanol–water partition coefficient (Wildman–Crippen LogP) is 3.05. The molecule has 176 valence electrons. The van der Waals surface area contributed by atoms with Gasteiger partial charge in [-0.2, -0.15) is 5.10 Å². The fourth-order valence-corrected chi connectivity index (χ4v) is 3.51. The van der Waals surface area contributed by atoms with Crippen molar-refractivity contribution in [2.45, 2.75) is 38.6 Å². The number of methoxy groups -OCH3 is 1. The number of ether oxygens (including phenoxy) is 2. The molecule has 4 rings (SSSR count). The third-order valence-corrected chi connectivity index (χ3v) is 5.06. The Kier molecular flexibility index (Phi) is 8.95. The topological polar surface area (TPSA) is 98.5 Å². The maximum atomic E-state index is 14.5. The van der Waals surface area contributed by atoms with Crippen LogP contribution >= 0.6 is 24.0 Å². The van der Waals surface area contributed by atoms with Crippen molar-refractivity contribution < 1.29 is 13.9 Å². The Balaban J connectivity index is 0.00000306. The highest BCUT2D eigenvalue weighted by Gasteiger charge is 2.22. The van der Waals surface area contributed by atoms with Crippen molar-refractivity contribution in [3.8, 4) is 11.5 Å². The van der Waals surface area contributed by atoms with Crippen molar-refractivity contribution in [3.05, 3.63) is 65.8 Å². The van der Waals surface area contributed by atoms with E-state index < -0.39 is 5.82 Å². The van der Waals surface area contributed by atoms with E-state index in [4.69, 9.17) is 9.47 Å². The standard InChI is InChI=1S/C22H26FN7O2.HI/c1-24-22(27-16-6-8-21-28-20(14-31-2)29-30(21)13-16)26-11-15-5-7-19(18(23)10-15)32-17-4-3-9-25-12-17;/h3-5,7,9-10,12,16H,6,8,11,13-14H2,1-2H3,(H2,24,26,27);1H. The molecule has 1 aliphatic rings. The van der Waals surface area contributed by atoms with E-state index in [-0.39, 0.29) is 35.8 Å². The summed E-state index contributed by atoms with van der Waals surface area (Å²) < 4.78 is 27.0. The summed E-state index contributed by atoms with van der Waals surface area (Å²) in [5.41, 5.74) is 0.774. The van der Waals surface area contributed by atoms with E-state index in [2.05, 4.69) is 30.7 Å². The van der Waals surface area contributed by atoms with Gasteiger partial charge in [0.2, 0.25) is 0 Å². The normalized spacial score (nSPS) is 15.4. The molecule has 1 aromatic carbocycles. The number of guanidine groups is 1. The summed E-state index contributed by atoms with van der Waals surface area (Å²) in [6, 6.07) is 8.50. The lowest BCUT2D eigenvalue weighted by atomic mass is 10.1. The summed E-state index contributed by atoms with van der Waals surface area (Å²) >= 11 is 0. The van der Waals surface area contributed by atoms with Crippen molar-refractivity contribution in [2.24, 2.45) is 4.99 Å². The first kappa shape index (κ1) is 24.8. The van der Waals surface area contributed by atoms with Gasteiger partial charge in [0, 0.05) is 39.4 Å². The second-order valence-corrected chi connectivity index (χ2v) is 7.42. The third kappa shape index (κ3) is 6.60. The van der Waals surface area contributed by atoms with Gasteiger partial charge in [0.25, 0.3) is 0 Å². The zero-order chi connectivity index (χ0) is 22.3. The quantitative estimate of drug-likeness (QED) is 0.257. The molecule has 0 radical (unpaired) electrons. The molecule has 1 unspecified atom stereocenters. The number of fused-ring (bicyclic) bond motifs is 1. The molecule has 0 fully saturated rings. The van der Waals surface area contributed by atoms with Crippen LogP contribution in [0.1, 0.15) is 23.6 Å². The zero-order valence-corrected chi connectivity index (χ0v) is 20.8. The smallest absolute Gasteiger partial charge is 0.191 e. The zero-order valence-electron chi connectivity index (χ0n) is 18.5. The number of aromatic nitrogens is 4. The van der Waals surface area contributed by atoms with Gasteiger partial charge in [-0.15, -0.1) is 24.0 Å². The van der Waals surface area contributed by atoms with Gasteiger partial charge in [-0.1, -0.05) is 6.07 Å². The van der Waals surface area contributed by atoms with Crippen LogP contribution in [0.25, 0.3) is 0 Å². The van der Waals surface area contributed by atoms with Crippen LogP contribution in [0.4, 0.5) is 4.39 Å². The highest BCUT2D eigenvalue weighted by molar-refractivity contribution is 14.0. The van der Waals surface area contributed by atoms with E-state index in [0.29, 0.717) is 37.2 Å². The molecule has 11 heteroatoms. The maximum Gasteiger partial charge on any atom is 0.191 e. The maximum absolute atomic E-state index is 14.5. The number of nitrogens with zero attached hydrogens (tertiary/aromatic N) is 5. The minimum absolute atomic E-state index is 0. The van der Waals surface area contributed by atoms with Gasteiger partial charge < -0.3 is 20.1 Å². The monoisotopic (exact) mass is 567 g/mol. The molecule has 0 amide bonds. The Labute approximate surface area is 208 Å². The highest BCUT2D eigenvalue weighted by Crippen LogP contribution is 2.24. The summed E-state index contributed by atoms with van der Waals surface area (Å²) in [4.78, 5) is 12.7. The van der Waals surface area contributed by atoms with Crippen LogP contribution in [0.2, 0.25) is 0 Å². The summed E-state index contributed by atoms with van der Waals surface area (Å²) in [5.74, 6) is 2.52. The molecule has 0 aliphatic carbocycles. The first-order valence-corrected chi connectivity index (χ1v) is 10.4. The van der Waals surface area contributed by atoms with Crippen LogP contribution in [0.15, 0.2) is 47.7 Å². The predicted molar refractivity (Wildman–Crippen MR) is 132 cm³/mol. The first-order chi connectivity index (χ1) is 15.6. The molecule has 1 aliphatic heterocycles. The number of pyridine rings is 1. The van der Waals surface area contributed by atoms with Gasteiger partial charge in [0.15, 0.2) is 23.4 Å². The number of aryl methyl sites for hydroxylation is 1. The fourth-order valence-electron chi connectivity index (χ4n) is 3.51. The summed E-state index contributed by atoms with van der Waals surface area (Å²) in [5, 5.41) is 11.1. The van der Waals surface area contributed by atoms with Crippen LogP contribution in [-0.4, -0.2) is 45.9 Å². The minimum atomic E-state index is -0.436. The van der Waals surface area contributed by atoms with E-state index in [9.17, 15) is 4.39 Å². The van der Waals surface area contributed by atoms with Crippen molar-refractivity contribution in [1.82, 2.24) is 30.4 Å². The lowest BCUT2D eigenvalue weighted by molar-refractivity contribution is 0.177. The van der Waals surface area contributed by atoms with Crippen molar-refractivity contribution in [3.63, 3.8) is 0 Å². The average Bonchev–Trinajstić information content (AvgIpc) is 3.21. The number of halogens is 2. The second kappa shape index (κ2) is 11.9. The van der Waals surface area contributed by atoms with Gasteiger partial charge in [0.05, 0.1) is 12.7 Å². The number of hydrogen-bond donors (Lipinski definition) is 2. The van der Waals surface area contributed by atoms with Crippen LogP contribution in [0, 0.1) is 5.82 Å². The Bertz CT molecular complexity index is 1080. The first-order valence-electron chi connectivity index (χ1n) is 10.4. The van der Waals surface area contributed by atoms with Gasteiger partial charge in [0.1, 0.15) is 18.2 Å². The molecule has 2 N–H and O–H groups in total. The Hall–Kier alpha value is -2.80. The third-order valence-electron chi connectivity index (χ3n) is 5.06. The van der Waals surface area contributed by atoms with Crippen molar-refractivity contribution in [1.29, 1.82) is 0 Å². The van der Waals surface area contributed by atoms with E-state index in [1.165, 1.54) is 12.3 Å². The SMILES string of the molecule is CN=C(NCc1ccc(Oc2cccnc2)c(F)c1)NC1CCc2nc(COC)nn2C1.I. The number of aliphatic imine (C=N–C) groups is 1. The Morgan fingerprint density at radius 2 is 2.21 bits per heavy atom. The summed E-state index contributed by atoms with van der Waals surface area (Å²) in [6.07, 6.45) is 4.92. The number of rotatable bonds is 7. The Morgan fingerprint density at radius 3 is 2.94 bits per heavy atom. The molecule has 0 saturated carbocycles. The van der Waals surface area contributed by atoms with Gasteiger partial charge in [-0.05, 0) is 36.2 Å². The molecule has 0 bridgehead atoms. The summed E-state index contributed by atoms with van der Waals surface area (Å²) in [6.45, 7) is 1.52. The lowest BCUT2D eigenvalue weighted by Crippen LogP contribution is -2.46. The lowest BCUT2D eigenvalue weighted by Gasteiger charge is -2.25. The van der Waals surface area contributed by atoms with Crippen molar-refractivity contribution in [2.75, 3.05) is 14.2 Å². The van der Waals surface area contributed by atoms with Gasteiger partial charge in [-0.3, -0.25) is 9.98 Å². The average molecular weight is 567 g/mol. The van der Waals surface area contributed by atoms with Crippen molar-refractivity contribution >= 4 is 29.9 Å². The van der Waals surface area contributed by atoms with Crippen LogP contribution in [0.3, 0.4) is 0 Å². The molecule has 3 heterocycles. The molecule has 0 spiro atoms.